The second-order valence-electron chi connectivity index (χ2n) is 4.08. The van der Waals surface area contributed by atoms with Crippen molar-refractivity contribution in [1.82, 2.24) is 4.98 Å². The largest absolute Gasteiger partial charge is 0.435 e. The Morgan fingerprint density at radius 3 is 2.75 bits per heavy atom. The molecule has 0 aliphatic rings. The highest BCUT2D eigenvalue weighted by molar-refractivity contribution is 6.03. The van der Waals surface area contributed by atoms with Crippen molar-refractivity contribution in [1.29, 1.82) is 0 Å². The summed E-state index contributed by atoms with van der Waals surface area (Å²) in [5, 5.41) is 2.57. The minimum Gasteiger partial charge on any atom is -0.435 e. The van der Waals surface area contributed by atoms with Crippen LogP contribution in [0.5, 0.6) is 5.75 Å². The third kappa shape index (κ3) is 3.74. The summed E-state index contributed by atoms with van der Waals surface area (Å²) in [5.41, 5.74) is 1.18. The molecule has 0 radical (unpaired) electrons. The van der Waals surface area contributed by atoms with Crippen LogP contribution >= 0.6 is 0 Å². The van der Waals surface area contributed by atoms with Crippen molar-refractivity contribution in [2.45, 2.75) is 13.5 Å². The molecule has 0 fully saturated rings. The first-order chi connectivity index (χ1) is 9.54. The molecule has 104 valence electrons. The highest BCUT2D eigenvalue weighted by Gasteiger charge is 2.10. The lowest BCUT2D eigenvalue weighted by molar-refractivity contribution is -0.0498. The van der Waals surface area contributed by atoms with Crippen LogP contribution in [0.3, 0.4) is 0 Å². The first kappa shape index (κ1) is 13.9. The van der Waals surface area contributed by atoms with Crippen molar-refractivity contribution in [2.75, 3.05) is 5.32 Å². The first-order valence-electron chi connectivity index (χ1n) is 5.83. The molecule has 1 aromatic heterocycles. The molecular formula is C14H12F2N2O2. The van der Waals surface area contributed by atoms with E-state index in [4.69, 9.17) is 0 Å². The van der Waals surface area contributed by atoms with E-state index in [-0.39, 0.29) is 11.3 Å². The van der Waals surface area contributed by atoms with Crippen molar-refractivity contribution in [2.24, 2.45) is 0 Å². The Hall–Kier alpha value is -2.50. The van der Waals surface area contributed by atoms with Gasteiger partial charge in [0.25, 0.3) is 5.91 Å². The molecule has 4 nitrogen and oxygen atoms in total. The Morgan fingerprint density at radius 2 is 2.10 bits per heavy atom. The van der Waals surface area contributed by atoms with Crippen LogP contribution in [0.15, 0.2) is 42.6 Å². The monoisotopic (exact) mass is 278 g/mol. The molecule has 0 aliphatic carbocycles. The molecule has 0 aliphatic heterocycles. The predicted molar refractivity (Wildman–Crippen MR) is 70.0 cm³/mol. The number of aromatic nitrogens is 1. The molecule has 0 spiro atoms. The van der Waals surface area contributed by atoms with Crippen molar-refractivity contribution in [3.05, 3.63) is 53.7 Å². The molecule has 1 amide bonds. The van der Waals surface area contributed by atoms with Crippen molar-refractivity contribution in [3.8, 4) is 5.75 Å². The average molecular weight is 278 g/mol. The zero-order chi connectivity index (χ0) is 14.5. The lowest BCUT2D eigenvalue weighted by atomic mass is 10.2. The first-order valence-corrected chi connectivity index (χ1v) is 5.83. The Labute approximate surface area is 114 Å². The van der Waals surface area contributed by atoms with Gasteiger partial charge in [-0.3, -0.25) is 4.79 Å². The number of nitrogens with one attached hydrogen (secondary N) is 1. The quantitative estimate of drug-likeness (QED) is 0.934. The molecule has 0 saturated heterocycles. The maximum Gasteiger partial charge on any atom is 0.387 e. The molecule has 2 rings (SSSR count). The average Bonchev–Trinajstić information content (AvgIpc) is 2.41. The number of carbonyl (C=O) groups is 1. The van der Waals surface area contributed by atoms with Gasteiger partial charge >= 0.3 is 6.61 Å². The van der Waals surface area contributed by atoms with Gasteiger partial charge in [-0.1, -0.05) is 12.1 Å². The van der Waals surface area contributed by atoms with Crippen LogP contribution in [-0.2, 0) is 0 Å². The van der Waals surface area contributed by atoms with Gasteiger partial charge in [-0.05, 0) is 36.8 Å². The van der Waals surface area contributed by atoms with Gasteiger partial charge in [0.1, 0.15) is 11.6 Å². The van der Waals surface area contributed by atoms with Gasteiger partial charge in [-0.2, -0.15) is 8.78 Å². The number of carbonyl (C=O) groups excluding carboxylic acids is 1. The van der Waals surface area contributed by atoms with Gasteiger partial charge in [-0.25, -0.2) is 4.98 Å². The molecule has 0 saturated carbocycles. The van der Waals surface area contributed by atoms with Gasteiger partial charge in [0.15, 0.2) is 0 Å². The number of hydrogen-bond donors (Lipinski definition) is 1. The Bertz CT molecular complexity index is 600. The van der Waals surface area contributed by atoms with E-state index >= 15 is 0 Å². The van der Waals surface area contributed by atoms with Crippen LogP contribution in [0, 0.1) is 6.92 Å². The van der Waals surface area contributed by atoms with Crippen LogP contribution in [0.4, 0.5) is 14.6 Å². The molecule has 0 unspecified atom stereocenters. The van der Waals surface area contributed by atoms with E-state index in [1.807, 2.05) is 6.92 Å². The molecule has 6 heteroatoms. The third-order valence-electron chi connectivity index (χ3n) is 2.47. The summed E-state index contributed by atoms with van der Waals surface area (Å²) < 4.78 is 28.5. The van der Waals surface area contributed by atoms with Gasteiger partial charge < -0.3 is 10.1 Å². The highest BCUT2D eigenvalue weighted by atomic mass is 19.3. The number of nitrogens with zero attached hydrogens (tertiary/aromatic N) is 1. The summed E-state index contributed by atoms with van der Waals surface area (Å²) in [6.07, 6.45) is 1.62. The van der Waals surface area contributed by atoms with Crippen molar-refractivity contribution >= 4 is 11.7 Å². The maximum absolute atomic E-state index is 12.1. The summed E-state index contributed by atoms with van der Waals surface area (Å²) in [6.45, 7) is -1.05. The van der Waals surface area contributed by atoms with E-state index in [0.29, 0.717) is 5.82 Å². The molecule has 1 N–H and O–H groups in total. The normalized spacial score (nSPS) is 10.4. The van der Waals surface area contributed by atoms with E-state index in [1.165, 1.54) is 24.3 Å². The summed E-state index contributed by atoms with van der Waals surface area (Å²) in [6, 6.07) is 9.03. The minimum absolute atomic E-state index is 0.0653. The molecule has 1 heterocycles. The molecule has 20 heavy (non-hydrogen) atoms. The summed E-state index contributed by atoms with van der Waals surface area (Å²) in [5.74, 6) is -0.119. The van der Waals surface area contributed by atoms with Gasteiger partial charge in [-0.15, -0.1) is 0 Å². The lowest BCUT2D eigenvalue weighted by Gasteiger charge is -2.07. The van der Waals surface area contributed by atoms with E-state index < -0.39 is 12.5 Å². The second kappa shape index (κ2) is 6.10. The number of rotatable bonds is 4. The van der Waals surface area contributed by atoms with Crippen LogP contribution in [0.1, 0.15) is 15.9 Å². The Kier molecular flexibility index (Phi) is 4.24. The zero-order valence-corrected chi connectivity index (χ0v) is 10.6. The predicted octanol–water partition coefficient (Wildman–Crippen LogP) is 3.24. The Balaban J connectivity index is 2.10. The number of alkyl halides is 2. The fourth-order valence-electron chi connectivity index (χ4n) is 1.54. The van der Waals surface area contributed by atoms with E-state index in [2.05, 4.69) is 15.0 Å². The standard InChI is InChI=1S/C14H12F2N2O2/c1-9-5-6-12(17-8-9)18-13(19)10-3-2-4-11(7-10)20-14(15)16/h2-8,14H,1H3,(H,17,18,19). The van der Waals surface area contributed by atoms with E-state index in [1.54, 1.807) is 18.3 Å². The number of ether oxygens (including phenoxy) is 1. The van der Waals surface area contributed by atoms with Gasteiger partial charge in [0, 0.05) is 11.8 Å². The van der Waals surface area contributed by atoms with Crippen LogP contribution in [0.2, 0.25) is 0 Å². The SMILES string of the molecule is Cc1ccc(NC(=O)c2cccc(OC(F)F)c2)nc1. The molecule has 1 aromatic carbocycles. The topological polar surface area (TPSA) is 51.2 Å². The van der Waals surface area contributed by atoms with Crippen molar-refractivity contribution in [3.63, 3.8) is 0 Å². The summed E-state index contributed by atoms with van der Waals surface area (Å²) >= 11 is 0. The molecule has 0 bridgehead atoms. The van der Waals surface area contributed by atoms with Crippen LogP contribution in [0.25, 0.3) is 0 Å². The number of hydrogen-bond acceptors (Lipinski definition) is 3. The molecule has 0 atom stereocenters. The number of anilines is 1. The van der Waals surface area contributed by atoms with E-state index in [0.717, 1.165) is 5.56 Å². The van der Waals surface area contributed by atoms with Crippen LogP contribution < -0.4 is 10.1 Å². The fraction of sp³-hybridized carbons (Fsp3) is 0.143. The smallest absolute Gasteiger partial charge is 0.387 e. The van der Waals surface area contributed by atoms with Gasteiger partial charge in [0.05, 0.1) is 0 Å². The molecule has 2 aromatic rings. The maximum atomic E-state index is 12.1. The summed E-state index contributed by atoms with van der Waals surface area (Å²) in [4.78, 5) is 16.0. The summed E-state index contributed by atoms with van der Waals surface area (Å²) in [7, 11) is 0. The number of aryl methyl sites for hydroxylation is 1. The van der Waals surface area contributed by atoms with E-state index in [9.17, 15) is 13.6 Å². The number of amides is 1. The number of halogens is 2. The number of benzene rings is 1. The minimum atomic E-state index is -2.92. The lowest BCUT2D eigenvalue weighted by Crippen LogP contribution is -2.13. The van der Waals surface area contributed by atoms with Crippen LogP contribution in [-0.4, -0.2) is 17.5 Å². The highest BCUT2D eigenvalue weighted by Crippen LogP contribution is 2.17. The van der Waals surface area contributed by atoms with Gasteiger partial charge in [0.2, 0.25) is 0 Å². The van der Waals surface area contributed by atoms with Crippen molar-refractivity contribution < 1.29 is 18.3 Å². The Morgan fingerprint density at radius 1 is 1.30 bits per heavy atom. The third-order valence-corrected chi connectivity index (χ3v) is 2.47. The molecular weight excluding hydrogens is 266 g/mol. The fourth-order valence-corrected chi connectivity index (χ4v) is 1.54. The zero-order valence-electron chi connectivity index (χ0n) is 10.6. The number of pyridine rings is 1. The second-order valence-corrected chi connectivity index (χ2v) is 4.08.